The van der Waals surface area contributed by atoms with Crippen LogP contribution in [0, 0.1) is 0 Å². The fourth-order valence-corrected chi connectivity index (χ4v) is 2.97. The summed E-state index contributed by atoms with van der Waals surface area (Å²) in [5, 5.41) is 11.7. The lowest BCUT2D eigenvalue weighted by Gasteiger charge is -2.18. The van der Waals surface area contributed by atoms with Gasteiger partial charge in [0.25, 0.3) is 0 Å². The Morgan fingerprint density at radius 3 is 2.43 bits per heavy atom. The molecule has 0 aliphatic carbocycles. The molecular formula is C15H17N3O2S. The van der Waals surface area contributed by atoms with Crippen LogP contribution in [0.2, 0.25) is 0 Å². The number of nitrogens with one attached hydrogen (secondary N) is 2. The molecule has 4 N–H and O–H groups in total. The van der Waals surface area contributed by atoms with Gasteiger partial charge in [0.1, 0.15) is 0 Å². The number of sulfonamides is 1. The second kappa shape index (κ2) is 5.48. The molecule has 1 heterocycles. The van der Waals surface area contributed by atoms with Gasteiger partial charge in [0.2, 0.25) is 10.0 Å². The van der Waals surface area contributed by atoms with Crippen LogP contribution < -0.4 is 15.8 Å². The second-order valence-electron chi connectivity index (χ2n) is 5.10. The van der Waals surface area contributed by atoms with Gasteiger partial charge >= 0.3 is 0 Å². The molecule has 0 atom stereocenters. The maximum Gasteiger partial charge on any atom is 0.238 e. The first-order valence-corrected chi connectivity index (χ1v) is 8.29. The van der Waals surface area contributed by atoms with E-state index in [0.29, 0.717) is 0 Å². The standard InChI is InChI=1S/C15H17N3O2S/c16-21(19,20)15-5-3-13(4-6-15)18-14-2-1-11-7-8-17-10-12(11)9-14/h1-6,9,17-18H,7-8,10H2,(H2,16,19,20). The molecule has 0 unspecified atom stereocenters. The molecule has 0 amide bonds. The van der Waals surface area contributed by atoms with Crippen LogP contribution in [0.3, 0.4) is 0 Å². The monoisotopic (exact) mass is 303 g/mol. The van der Waals surface area contributed by atoms with Crippen LogP contribution in [-0.2, 0) is 23.0 Å². The van der Waals surface area contributed by atoms with Gasteiger partial charge in [-0.05, 0) is 60.5 Å². The highest BCUT2D eigenvalue weighted by molar-refractivity contribution is 7.89. The maximum absolute atomic E-state index is 11.2. The summed E-state index contributed by atoms with van der Waals surface area (Å²) in [4.78, 5) is 0.114. The molecule has 0 aromatic heterocycles. The lowest BCUT2D eigenvalue weighted by Crippen LogP contribution is -2.23. The Morgan fingerprint density at radius 1 is 1.00 bits per heavy atom. The van der Waals surface area contributed by atoms with Gasteiger partial charge < -0.3 is 10.6 Å². The van der Waals surface area contributed by atoms with Crippen LogP contribution in [0.25, 0.3) is 0 Å². The van der Waals surface area contributed by atoms with Gasteiger partial charge in [0.15, 0.2) is 0 Å². The van der Waals surface area contributed by atoms with Crippen LogP contribution >= 0.6 is 0 Å². The van der Waals surface area contributed by atoms with Crippen molar-refractivity contribution in [3.8, 4) is 0 Å². The molecule has 2 aromatic carbocycles. The Bertz CT molecular complexity index is 755. The van der Waals surface area contributed by atoms with Crippen LogP contribution in [0.5, 0.6) is 0 Å². The lowest BCUT2D eigenvalue weighted by atomic mass is 10.0. The number of hydrogen-bond acceptors (Lipinski definition) is 4. The summed E-state index contributed by atoms with van der Waals surface area (Å²) in [5.41, 5.74) is 4.49. The fourth-order valence-electron chi connectivity index (χ4n) is 2.45. The Kier molecular flexibility index (Phi) is 3.67. The van der Waals surface area contributed by atoms with E-state index >= 15 is 0 Å². The van der Waals surface area contributed by atoms with Crippen molar-refractivity contribution in [3.63, 3.8) is 0 Å². The van der Waals surface area contributed by atoms with Gasteiger partial charge in [-0.2, -0.15) is 0 Å². The van der Waals surface area contributed by atoms with Crippen molar-refractivity contribution in [3.05, 3.63) is 53.6 Å². The van der Waals surface area contributed by atoms with Gasteiger partial charge in [0, 0.05) is 17.9 Å². The van der Waals surface area contributed by atoms with Crippen LogP contribution in [-0.4, -0.2) is 15.0 Å². The van der Waals surface area contributed by atoms with Gasteiger partial charge in [-0.15, -0.1) is 0 Å². The summed E-state index contributed by atoms with van der Waals surface area (Å²) in [6.07, 6.45) is 1.05. The Morgan fingerprint density at radius 2 is 1.71 bits per heavy atom. The van der Waals surface area contributed by atoms with Gasteiger partial charge in [-0.25, -0.2) is 13.6 Å². The van der Waals surface area contributed by atoms with Gasteiger partial charge in [-0.3, -0.25) is 0 Å². The van der Waals surface area contributed by atoms with E-state index in [4.69, 9.17) is 5.14 Å². The first-order chi connectivity index (χ1) is 10.0. The molecule has 0 spiro atoms. The van der Waals surface area contributed by atoms with E-state index in [-0.39, 0.29) is 4.90 Å². The van der Waals surface area contributed by atoms with Crippen molar-refractivity contribution >= 4 is 21.4 Å². The largest absolute Gasteiger partial charge is 0.356 e. The highest BCUT2D eigenvalue weighted by Gasteiger charge is 2.09. The Hall–Kier alpha value is -1.89. The number of hydrogen-bond donors (Lipinski definition) is 3. The molecule has 5 nitrogen and oxygen atoms in total. The number of fused-ring (bicyclic) bond motifs is 1. The number of benzene rings is 2. The number of rotatable bonds is 3. The van der Waals surface area contributed by atoms with Crippen molar-refractivity contribution in [1.82, 2.24) is 5.32 Å². The quantitative estimate of drug-likeness (QED) is 0.806. The molecule has 0 bridgehead atoms. The number of anilines is 2. The zero-order chi connectivity index (χ0) is 14.9. The van der Waals surface area contributed by atoms with Crippen molar-refractivity contribution in [2.45, 2.75) is 17.9 Å². The zero-order valence-electron chi connectivity index (χ0n) is 11.5. The minimum absolute atomic E-state index is 0.114. The minimum Gasteiger partial charge on any atom is -0.356 e. The molecule has 3 rings (SSSR count). The molecule has 0 radical (unpaired) electrons. The van der Waals surface area contributed by atoms with Gasteiger partial charge in [-0.1, -0.05) is 6.07 Å². The average Bonchev–Trinajstić information content (AvgIpc) is 2.47. The SMILES string of the molecule is NS(=O)(=O)c1ccc(Nc2ccc3c(c2)CNCC3)cc1. The summed E-state index contributed by atoms with van der Waals surface area (Å²) in [6.45, 7) is 1.91. The van der Waals surface area contributed by atoms with E-state index in [1.165, 1.54) is 23.3 Å². The molecule has 110 valence electrons. The van der Waals surface area contributed by atoms with E-state index < -0.39 is 10.0 Å². The molecule has 21 heavy (non-hydrogen) atoms. The van der Waals surface area contributed by atoms with Crippen molar-refractivity contribution in [2.24, 2.45) is 5.14 Å². The molecule has 1 aliphatic rings. The van der Waals surface area contributed by atoms with Crippen molar-refractivity contribution in [1.29, 1.82) is 0 Å². The summed E-state index contributed by atoms with van der Waals surface area (Å²) in [7, 11) is -3.64. The third-order valence-electron chi connectivity index (χ3n) is 3.56. The first kappa shape index (κ1) is 14.1. The second-order valence-corrected chi connectivity index (χ2v) is 6.67. The zero-order valence-corrected chi connectivity index (χ0v) is 12.3. The Balaban J connectivity index is 1.80. The summed E-state index contributed by atoms with van der Waals surface area (Å²) < 4.78 is 22.4. The van der Waals surface area contributed by atoms with Crippen molar-refractivity contribution < 1.29 is 8.42 Å². The number of nitrogens with two attached hydrogens (primary N) is 1. The maximum atomic E-state index is 11.2. The van der Waals surface area contributed by atoms with Crippen LogP contribution in [0.15, 0.2) is 47.4 Å². The first-order valence-electron chi connectivity index (χ1n) is 6.75. The highest BCUT2D eigenvalue weighted by atomic mass is 32.2. The van der Waals surface area contributed by atoms with Gasteiger partial charge in [0.05, 0.1) is 4.90 Å². The number of primary sulfonamides is 1. The topological polar surface area (TPSA) is 84.2 Å². The van der Waals surface area contributed by atoms with E-state index in [1.807, 2.05) is 6.07 Å². The summed E-state index contributed by atoms with van der Waals surface area (Å²) in [5.74, 6) is 0. The smallest absolute Gasteiger partial charge is 0.238 e. The van der Waals surface area contributed by atoms with E-state index in [2.05, 4.69) is 22.8 Å². The van der Waals surface area contributed by atoms with E-state index in [9.17, 15) is 8.42 Å². The molecule has 0 saturated carbocycles. The molecule has 0 saturated heterocycles. The fraction of sp³-hybridized carbons (Fsp3) is 0.200. The normalized spacial score (nSPS) is 14.5. The van der Waals surface area contributed by atoms with Crippen LogP contribution in [0.1, 0.15) is 11.1 Å². The Labute approximate surface area is 124 Å². The molecule has 6 heteroatoms. The average molecular weight is 303 g/mol. The molecule has 2 aromatic rings. The lowest BCUT2D eigenvalue weighted by molar-refractivity contribution is 0.598. The third kappa shape index (κ3) is 3.24. The molecule has 0 fully saturated rings. The molecular weight excluding hydrogens is 286 g/mol. The predicted octanol–water partition coefficient (Wildman–Crippen LogP) is 1.72. The van der Waals surface area contributed by atoms with Crippen LogP contribution in [0.4, 0.5) is 11.4 Å². The minimum atomic E-state index is -3.64. The summed E-state index contributed by atoms with van der Waals surface area (Å²) >= 11 is 0. The third-order valence-corrected chi connectivity index (χ3v) is 4.49. The predicted molar refractivity (Wildman–Crippen MR) is 83.0 cm³/mol. The van der Waals surface area contributed by atoms with Crippen molar-refractivity contribution in [2.75, 3.05) is 11.9 Å². The van der Waals surface area contributed by atoms with E-state index in [1.54, 1.807) is 12.1 Å². The van der Waals surface area contributed by atoms with E-state index in [0.717, 1.165) is 30.9 Å². The molecule has 1 aliphatic heterocycles. The highest BCUT2D eigenvalue weighted by Crippen LogP contribution is 2.23. The summed E-state index contributed by atoms with van der Waals surface area (Å²) in [6, 6.07) is 12.7.